The summed E-state index contributed by atoms with van der Waals surface area (Å²) in [5.41, 5.74) is 1.15. The van der Waals surface area contributed by atoms with Crippen LogP contribution in [0.5, 0.6) is 0 Å². The van der Waals surface area contributed by atoms with Crippen LogP contribution in [-0.2, 0) is 4.74 Å². The van der Waals surface area contributed by atoms with Gasteiger partial charge < -0.3 is 10.1 Å². The van der Waals surface area contributed by atoms with E-state index >= 15 is 0 Å². The molecule has 1 N–H and O–H groups in total. The average Bonchev–Trinajstić information content (AvgIpc) is 2.32. The van der Waals surface area contributed by atoms with Gasteiger partial charge in [-0.25, -0.2) is 4.98 Å². The number of anilines is 1. The second kappa shape index (κ2) is 5.69. The van der Waals surface area contributed by atoms with E-state index in [1.165, 1.54) is 0 Å². The average molecular weight is 255 g/mol. The molecule has 1 aliphatic heterocycles. The minimum absolute atomic E-state index is 0.417. The Hall–Kier alpha value is -0.800. The summed E-state index contributed by atoms with van der Waals surface area (Å²) < 4.78 is 5.34. The van der Waals surface area contributed by atoms with Gasteiger partial charge >= 0.3 is 0 Å². The van der Waals surface area contributed by atoms with Crippen molar-refractivity contribution in [3.05, 3.63) is 22.8 Å². The van der Waals surface area contributed by atoms with E-state index in [2.05, 4.69) is 30.2 Å². The number of aromatic nitrogens is 1. The Kier molecular flexibility index (Phi) is 4.24. The van der Waals surface area contributed by atoms with Crippen LogP contribution in [0.3, 0.4) is 0 Å². The van der Waals surface area contributed by atoms with Crippen LogP contribution in [0, 0.1) is 0 Å². The Morgan fingerprint density at radius 2 is 2.12 bits per heavy atom. The highest BCUT2D eigenvalue weighted by Crippen LogP contribution is 2.26. The maximum Gasteiger partial charge on any atom is 0.126 e. The first-order valence-corrected chi connectivity index (χ1v) is 6.54. The Morgan fingerprint density at radius 1 is 1.41 bits per heavy atom. The van der Waals surface area contributed by atoms with Gasteiger partial charge in [0.05, 0.1) is 5.02 Å². The largest absolute Gasteiger partial charge is 0.381 e. The van der Waals surface area contributed by atoms with E-state index in [9.17, 15) is 0 Å². The smallest absolute Gasteiger partial charge is 0.126 e. The molecule has 0 bridgehead atoms. The van der Waals surface area contributed by atoms with Crippen molar-refractivity contribution >= 4 is 17.4 Å². The quantitative estimate of drug-likeness (QED) is 0.897. The lowest BCUT2D eigenvalue weighted by atomic mass is 10.0. The van der Waals surface area contributed by atoms with Gasteiger partial charge in [-0.1, -0.05) is 25.4 Å². The lowest BCUT2D eigenvalue weighted by Gasteiger charge is -2.24. The molecule has 1 aromatic heterocycles. The van der Waals surface area contributed by atoms with Crippen molar-refractivity contribution in [2.24, 2.45) is 0 Å². The number of halogens is 1. The number of rotatable bonds is 3. The minimum atomic E-state index is 0.417. The topological polar surface area (TPSA) is 34.1 Å². The molecule has 3 nitrogen and oxygen atoms in total. The van der Waals surface area contributed by atoms with Crippen molar-refractivity contribution < 1.29 is 4.74 Å². The molecule has 17 heavy (non-hydrogen) atoms. The van der Waals surface area contributed by atoms with E-state index in [-0.39, 0.29) is 0 Å². The molecule has 0 atom stereocenters. The van der Waals surface area contributed by atoms with E-state index < -0.39 is 0 Å². The molecule has 2 rings (SSSR count). The summed E-state index contributed by atoms with van der Waals surface area (Å²) in [7, 11) is 0. The highest BCUT2D eigenvalue weighted by Gasteiger charge is 2.15. The monoisotopic (exact) mass is 254 g/mol. The normalized spacial score (nSPS) is 17.4. The van der Waals surface area contributed by atoms with Crippen LogP contribution in [-0.4, -0.2) is 24.2 Å². The van der Waals surface area contributed by atoms with Gasteiger partial charge in [0.1, 0.15) is 5.82 Å². The summed E-state index contributed by atoms with van der Waals surface area (Å²) in [5, 5.41) is 4.20. The lowest BCUT2D eigenvalue weighted by molar-refractivity contribution is 0.0904. The Labute approximate surface area is 108 Å². The third-order valence-electron chi connectivity index (χ3n) is 3.08. The first kappa shape index (κ1) is 12.7. The predicted molar refractivity (Wildman–Crippen MR) is 70.8 cm³/mol. The molecule has 94 valence electrons. The molecule has 1 aliphatic rings. The maximum absolute atomic E-state index is 6.12. The molecule has 4 heteroatoms. The zero-order chi connectivity index (χ0) is 12.3. The molecule has 0 unspecified atom stereocenters. The van der Waals surface area contributed by atoms with E-state index in [0.29, 0.717) is 12.0 Å². The molecule has 0 saturated carbocycles. The van der Waals surface area contributed by atoms with Crippen LogP contribution in [0.15, 0.2) is 12.3 Å². The summed E-state index contributed by atoms with van der Waals surface area (Å²) in [6.45, 7) is 5.95. The van der Waals surface area contributed by atoms with E-state index in [0.717, 1.165) is 42.5 Å². The number of hydrogen-bond acceptors (Lipinski definition) is 3. The first-order chi connectivity index (χ1) is 8.16. The fraction of sp³-hybridized carbons (Fsp3) is 0.615. The molecular formula is C13H19ClN2O. The third-order valence-corrected chi connectivity index (χ3v) is 3.40. The van der Waals surface area contributed by atoms with Gasteiger partial charge in [-0.15, -0.1) is 0 Å². The molecular weight excluding hydrogens is 236 g/mol. The third kappa shape index (κ3) is 3.33. The number of nitrogens with one attached hydrogen (secondary N) is 1. The van der Waals surface area contributed by atoms with E-state index in [4.69, 9.17) is 16.3 Å². The van der Waals surface area contributed by atoms with Crippen molar-refractivity contribution in [3.8, 4) is 0 Å². The van der Waals surface area contributed by atoms with Crippen molar-refractivity contribution in [1.82, 2.24) is 4.98 Å². The van der Waals surface area contributed by atoms with Gasteiger partial charge in [-0.2, -0.15) is 0 Å². The predicted octanol–water partition coefficient (Wildman–Crippen LogP) is 3.45. The van der Waals surface area contributed by atoms with Crippen LogP contribution < -0.4 is 5.32 Å². The Balaban J connectivity index is 2.07. The van der Waals surface area contributed by atoms with Crippen molar-refractivity contribution in [2.45, 2.75) is 38.6 Å². The van der Waals surface area contributed by atoms with Crippen molar-refractivity contribution in [1.29, 1.82) is 0 Å². The summed E-state index contributed by atoms with van der Waals surface area (Å²) in [6.07, 6.45) is 3.82. The molecule has 2 heterocycles. The fourth-order valence-electron chi connectivity index (χ4n) is 2.03. The van der Waals surface area contributed by atoms with Crippen molar-refractivity contribution in [3.63, 3.8) is 0 Å². The van der Waals surface area contributed by atoms with Gasteiger partial charge in [-0.3, -0.25) is 0 Å². The zero-order valence-corrected chi connectivity index (χ0v) is 11.1. The molecule has 0 spiro atoms. The van der Waals surface area contributed by atoms with Crippen LogP contribution >= 0.6 is 11.6 Å². The Bertz CT molecular complexity index is 376. The van der Waals surface area contributed by atoms with Gasteiger partial charge in [0.2, 0.25) is 0 Å². The second-order valence-corrected chi connectivity index (χ2v) is 5.18. The maximum atomic E-state index is 6.12. The highest BCUT2D eigenvalue weighted by atomic mass is 35.5. The summed E-state index contributed by atoms with van der Waals surface area (Å²) in [6, 6.07) is 2.53. The van der Waals surface area contributed by atoms with Gasteiger partial charge in [-0.05, 0) is 30.4 Å². The van der Waals surface area contributed by atoms with Crippen molar-refractivity contribution in [2.75, 3.05) is 18.5 Å². The van der Waals surface area contributed by atoms with Gasteiger partial charge in [0, 0.05) is 25.5 Å². The second-order valence-electron chi connectivity index (χ2n) is 4.78. The summed E-state index contributed by atoms with van der Waals surface area (Å²) in [4.78, 5) is 4.33. The lowest BCUT2D eigenvalue weighted by Crippen LogP contribution is -2.28. The fourth-order valence-corrected chi connectivity index (χ4v) is 2.35. The summed E-state index contributed by atoms with van der Waals surface area (Å²) >= 11 is 6.12. The molecule has 0 radical (unpaired) electrons. The molecule has 1 aromatic rings. The first-order valence-electron chi connectivity index (χ1n) is 6.16. The van der Waals surface area contributed by atoms with Gasteiger partial charge in [0.25, 0.3) is 0 Å². The summed E-state index contributed by atoms with van der Waals surface area (Å²) in [5.74, 6) is 1.34. The molecule has 0 aliphatic carbocycles. The molecule has 0 aromatic carbocycles. The van der Waals surface area contributed by atoms with Crippen LogP contribution in [0.2, 0.25) is 5.02 Å². The van der Waals surface area contributed by atoms with Crippen LogP contribution in [0.25, 0.3) is 0 Å². The van der Waals surface area contributed by atoms with E-state index in [1.54, 1.807) is 6.20 Å². The SMILES string of the molecule is CC(C)c1cc(NC2CCOCC2)ncc1Cl. The number of pyridine rings is 1. The number of ether oxygens (including phenoxy) is 1. The number of hydrogen-bond donors (Lipinski definition) is 1. The van der Waals surface area contributed by atoms with Crippen LogP contribution in [0.4, 0.5) is 5.82 Å². The highest BCUT2D eigenvalue weighted by molar-refractivity contribution is 6.31. The van der Waals surface area contributed by atoms with E-state index in [1.807, 2.05) is 0 Å². The minimum Gasteiger partial charge on any atom is -0.381 e. The molecule has 1 saturated heterocycles. The molecule has 0 amide bonds. The van der Waals surface area contributed by atoms with Gasteiger partial charge in [0.15, 0.2) is 0 Å². The molecule has 1 fully saturated rings. The standard InChI is InChI=1S/C13H19ClN2O/c1-9(2)11-7-13(15-8-12(11)14)16-10-3-5-17-6-4-10/h7-10H,3-6H2,1-2H3,(H,15,16). The Morgan fingerprint density at radius 3 is 2.76 bits per heavy atom. The zero-order valence-electron chi connectivity index (χ0n) is 10.4. The number of nitrogens with zero attached hydrogens (tertiary/aromatic N) is 1. The van der Waals surface area contributed by atoms with Crippen LogP contribution in [0.1, 0.15) is 38.2 Å².